The Morgan fingerprint density at radius 1 is 0.833 bits per heavy atom. The Bertz CT molecular complexity index is 1050. The zero-order chi connectivity index (χ0) is 21.5. The summed E-state index contributed by atoms with van der Waals surface area (Å²) in [5.74, 6) is -1.09. The normalized spacial score (nSPS) is 11.4. The Morgan fingerprint density at radius 2 is 1.43 bits per heavy atom. The van der Waals surface area contributed by atoms with Gasteiger partial charge in [-0.05, 0) is 42.8 Å². The van der Waals surface area contributed by atoms with Crippen molar-refractivity contribution in [2.75, 3.05) is 0 Å². The molecule has 152 valence electrons. The van der Waals surface area contributed by atoms with Crippen molar-refractivity contribution >= 4 is 29.2 Å². The highest BCUT2D eigenvalue weighted by Gasteiger charge is 2.21. The second-order valence-corrected chi connectivity index (χ2v) is 7.22. The first-order valence-electron chi connectivity index (χ1n) is 9.47. The molecule has 1 unspecified atom stereocenters. The molecule has 3 aromatic rings. The Hall–Kier alpha value is -3.44. The summed E-state index contributed by atoms with van der Waals surface area (Å²) in [6, 6.07) is 21.7. The van der Waals surface area contributed by atoms with E-state index in [0.717, 1.165) is 5.56 Å². The topological polar surface area (TPSA) is 75.3 Å². The van der Waals surface area contributed by atoms with E-state index in [1.807, 2.05) is 30.3 Å². The van der Waals surface area contributed by atoms with E-state index in [2.05, 4.69) is 10.6 Å². The quantitative estimate of drug-likeness (QED) is 0.567. The monoisotopic (exact) mass is 420 g/mol. The van der Waals surface area contributed by atoms with Crippen LogP contribution >= 0.6 is 11.6 Å². The molecule has 0 saturated heterocycles. The molecule has 2 N–H and O–H groups in total. The van der Waals surface area contributed by atoms with Gasteiger partial charge in [-0.25, -0.2) is 0 Å². The molecule has 0 aliphatic heterocycles. The number of hydrogen-bond acceptors (Lipinski definition) is 3. The van der Waals surface area contributed by atoms with Crippen molar-refractivity contribution in [3.05, 3.63) is 106 Å². The molecule has 0 radical (unpaired) electrons. The van der Waals surface area contributed by atoms with Crippen LogP contribution < -0.4 is 10.6 Å². The van der Waals surface area contributed by atoms with Gasteiger partial charge in [0.25, 0.3) is 5.91 Å². The third-order valence-corrected chi connectivity index (χ3v) is 4.83. The summed E-state index contributed by atoms with van der Waals surface area (Å²) < 4.78 is 0. The van der Waals surface area contributed by atoms with Gasteiger partial charge in [-0.2, -0.15) is 0 Å². The number of carbonyl (C=O) groups is 3. The molecule has 0 spiro atoms. The lowest BCUT2D eigenvalue weighted by Gasteiger charge is -2.15. The summed E-state index contributed by atoms with van der Waals surface area (Å²) in [7, 11) is 0. The summed E-state index contributed by atoms with van der Waals surface area (Å²) in [4.78, 5) is 38.0. The maximum Gasteiger partial charge on any atom is 0.252 e. The standard InChI is InChI=1S/C24H21ClN2O3/c1-16(23(29)26-15-17-7-3-2-4-8-17)27-24(30)21-10-6-5-9-20(21)22(28)18-11-13-19(25)14-12-18/h2-14,16H,15H2,1H3,(H,26,29)(H,27,30). The number of halogens is 1. The lowest BCUT2D eigenvalue weighted by molar-refractivity contribution is -0.122. The van der Waals surface area contributed by atoms with Gasteiger partial charge >= 0.3 is 0 Å². The first-order chi connectivity index (χ1) is 14.5. The fraction of sp³-hybridized carbons (Fsp3) is 0.125. The molecule has 3 rings (SSSR count). The first kappa shape index (κ1) is 21.3. The number of benzene rings is 3. The van der Waals surface area contributed by atoms with Crippen molar-refractivity contribution in [2.45, 2.75) is 19.5 Å². The summed E-state index contributed by atoms with van der Waals surface area (Å²) >= 11 is 5.88. The van der Waals surface area contributed by atoms with Crippen molar-refractivity contribution in [1.82, 2.24) is 10.6 Å². The van der Waals surface area contributed by atoms with E-state index < -0.39 is 11.9 Å². The van der Waals surface area contributed by atoms with Crippen LogP contribution in [0.2, 0.25) is 5.02 Å². The predicted octanol–water partition coefficient (Wildman–Crippen LogP) is 4.01. The van der Waals surface area contributed by atoms with Gasteiger partial charge in [0.15, 0.2) is 5.78 Å². The molecule has 0 bridgehead atoms. The van der Waals surface area contributed by atoms with Crippen LogP contribution in [0.4, 0.5) is 0 Å². The van der Waals surface area contributed by atoms with Crippen LogP contribution in [0.1, 0.15) is 38.8 Å². The molecular formula is C24H21ClN2O3. The maximum absolute atomic E-state index is 12.9. The van der Waals surface area contributed by atoms with Gasteiger partial charge in [0.2, 0.25) is 5.91 Å². The Labute approximate surface area is 180 Å². The number of nitrogens with one attached hydrogen (secondary N) is 2. The minimum atomic E-state index is -0.764. The van der Waals surface area contributed by atoms with Crippen molar-refractivity contribution < 1.29 is 14.4 Å². The molecule has 30 heavy (non-hydrogen) atoms. The number of rotatable bonds is 7. The zero-order valence-corrected chi connectivity index (χ0v) is 17.1. The number of hydrogen-bond donors (Lipinski definition) is 2. The van der Waals surface area contributed by atoms with E-state index in [1.54, 1.807) is 55.5 Å². The van der Waals surface area contributed by atoms with Crippen molar-refractivity contribution in [3.8, 4) is 0 Å². The van der Waals surface area contributed by atoms with Crippen LogP contribution in [0, 0.1) is 0 Å². The van der Waals surface area contributed by atoms with Crippen molar-refractivity contribution in [1.29, 1.82) is 0 Å². The molecule has 1 atom stereocenters. The van der Waals surface area contributed by atoms with Crippen molar-refractivity contribution in [2.24, 2.45) is 0 Å². The highest BCUT2D eigenvalue weighted by atomic mass is 35.5. The van der Waals surface area contributed by atoms with E-state index in [0.29, 0.717) is 17.1 Å². The second-order valence-electron chi connectivity index (χ2n) is 6.78. The lowest BCUT2D eigenvalue weighted by Crippen LogP contribution is -2.44. The molecular weight excluding hydrogens is 400 g/mol. The number of amides is 2. The summed E-state index contributed by atoms with van der Waals surface area (Å²) in [5.41, 5.74) is 1.85. The van der Waals surface area contributed by atoms with E-state index >= 15 is 0 Å². The molecule has 2 amide bonds. The van der Waals surface area contributed by atoms with Crippen molar-refractivity contribution in [3.63, 3.8) is 0 Å². The number of carbonyl (C=O) groups excluding carboxylic acids is 3. The molecule has 0 heterocycles. The van der Waals surface area contributed by atoms with Gasteiger partial charge in [0.1, 0.15) is 6.04 Å². The molecule has 0 aliphatic carbocycles. The summed E-state index contributed by atoms with van der Waals surface area (Å²) in [5, 5.41) is 5.98. The van der Waals surface area contributed by atoms with Gasteiger partial charge in [0, 0.05) is 22.7 Å². The summed E-state index contributed by atoms with van der Waals surface area (Å²) in [6.07, 6.45) is 0. The molecule has 0 fully saturated rings. The smallest absolute Gasteiger partial charge is 0.252 e. The summed E-state index contributed by atoms with van der Waals surface area (Å²) in [6.45, 7) is 1.97. The molecule has 0 saturated carbocycles. The predicted molar refractivity (Wildman–Crippen MR) is 117 cm³/mol. The minimum absolute atomic E-state index is 0.208. The van der Waals surface area contributed by atoms with E-state index in [-0.39, 0.29) is 22.8 Å². The third-order valence-electron chi connectivity index (χ3n) is 4.57. The van der Waals surface area contributed by atoms with Gasteiger partial charge in [0.05, 0.1) is 5.56 Å². The third kappa shape index (κ3) is 5.33. The van der Waals surface area contributed by atoms with E-state index in [9.17, 15) is 14.4 Å². The minimum Gasteiger partial charge on any atom is -0.350 e. The van der Waals surface area contributed by atoms with Gasteiger partial charge in [-0.15, -0.1) is 0 Å². The Balaban J connectivity index is 1.68. The zero-order valence-electron chi connectivity index (χ0n) is 16.4. The highest BCUT2D eigenvalue weighted by Crippen LogP contribution is 2.17. The van der Waals surface area contributed by atoms with E-state index in [4.69, 9.17) is 11.6 Å². The molecule has 5 nitrogen and oxygen atoms in total. The van der Waals surface area contributed by atoms with Gasteiger partial charge in [-0.3, -0.25) is 14.4 Å². The molecule has 3 aromatic carbocycles. The maximum atomic E-state index is 12.9. The van der Waals surface area contributed by atoms with Crippen LogP contribution in [0.3, 0.4) is 0 Å². The second kappa shape index (κ2) is 9.85. The van der Waals surface area contributed by atoms with Crippen LogP contribution in [0.15, 0.2) is 78.9 Å². The van der Waals surface area contributed by atoms with Crippen LogP contribution in [0.25, 0.3) is 0 Å². The Kier molecular flexibility index (Phi) is 6.99. The highest BCUT2D eigenvalue weighted by molar-refractivity contribution is 6.30. The van der Waals surface area contributed by atoms with Gasteiger partial charge < -0.3 is 10.6 Å². The SMILES string of the molecule is CC(NC(=O)c1ccccc1C(=O)c1ccc(Cl)cc1)C(=O)NCc1ccccc1. The van der Waals surface area contributed by atoms with E-state index in [1.165, 1.54) is 0 Å². The molecule has 0 aromatic heterocycles. The van der Waals surface area contributed by atoms with Gasteiger partial charge in [-0.1, -0.05) is 60.1 Å². The molecule has 6 heteroatoms. The van der Waals surface area contributed by atoms with Crippen LogP contribution in [-0.2, 0) is 11.3 Å². The fourth-order valence-corrected chi connectivity index (χ4v) is 3.04. The average Bonchev–Trinajstić information content (AvgIpc) is 2.78. The molecule has 0 aliphatic rings. The largest absolute Gasteiger partial charge is 0.350 e. The Morgan fingerprint density at radius 3 is 2.10 bits per heavy atom. The lowest BCUT2D eigenvalue weighted by atomic mass is 9.98. The number of ketones is 1. The fourth-order valence-electron chi connectivity index (χ4n) is 2.91. The van der Waals surface area contributed by atoms with Crippen LogP contribution in [0.5, 0.6) is 0 Å². The first-order valence-corrected chi connectivity index (χ1v) is 9.85. The van der Waals surface area contributed by atoms with Crippen LogP contribution in [-0.4, -0.2) is 23.6 Å². The average molecular weight is 421 g/mol.